The monoisotopic (exact) mass is 542 g/mol. The van der Waals surface area contributed by atoms with Crippen LogP contribution in [-0.2, 0) is 14.8 Å². The Kier molecular flexibility index (Phi) is 8.11. The Bertz CT molecular complexity index is 1310. The first-order valence-electron chi connectivity index (χ1n) is 10.5. The number of rotatable bonds is 8. The number of sulfonamides is 1. The van der Waals surface area contributed by atoms with Gasteiger partial charge in [-0.15, -0.1) is 0 Å². The predicted molar refractivity (Wildman–Crippen MR) is 141 cm³/mol. The van der Waals surface area contributed by atoms with Crippen LogP contribution in [0.2, 0.25) is 0 Å². The quantitative estimate of drug-likeness (QED) is 0.336. The first-order valence-corrected chi connectivity index (χ1v) is 12.8. The molecule has 3 aromatic carbocycles. The standard InChI is InChI=1S/C25H27BrN4O3S/c1-18-10-12-21(14-19(18)2)30(34(32,33)22-8-6-5-7-9-22)17-25(31)28-27-16-20-11-13-24(29(3)4)23(26)15-20/h5-16H,17H2,1-4H3,(H,28,31)/b27-16+. The summed E-state index contributed by atoms with van der Waals surface area (Å²) >= 11 is 3.52. The number of nitrogens with zero attached hydrogens (tertiary/aromatic N) is 3. The van der Waals surface area contributed by atoms with Gasteiger partial charge in [-0.25, -0.2) is 13.8 Å². The lowest BCUT2D eigenvalue weighted by Crippen LogP contribution is -2.39. The largest absolute Gasteiger partial charge is 0.377 e. The molecule has 1 N–H and O–H groups in total. The van der Waals surface area contributed by atoms with Gasteiger partial charge in [-0.1, -0.05) is 30.3 Å². The molecule has 0 radical (unpaired) electrons. The summed E-state index contributed by atoms with van der Waals surface area (Å²) in [7, 11) is -0.0781. The number of hydrogen-bond acceptors (Lipinski definition) is 5. The summed E-state index contributed by atoms with van der Waals surface area (Å²) in [5, 5.41) is 4.01. The summed E-state index contributed by atoms with van der Waals surface area (Å²) < 4.78 is 28.8. The van der Waals surface area contributed by atoms with Crippen LogP contribution < -0.4 is 14.6 Å². The van der Waals surface area contributed by atoms with E-state index in [4.69, 9.17) is 0 Å². The summed E-state index contributed by atoms with van der Waals surface area (Å²) in [5.74, 6) is -0.557. The zero-order valence-corrected chi connectivity index (χ0v) is 21.9. The number of carbonyl (C=O) groups excluding carboxylic acids is 1. The first-order chi connectivity index (χ1) is 16.1. The maximum absolute atomic E-state index is 13.4. The van der Waals surface area contributed by atoms with Crippen molar-refractivity contribution < 1.29 is 13.2 Å². The van der Waals surface area contributed by atoms with Crippen molar-refractivity contribution in [3.63, 3.8) is 0 Å². The molecular weight excluding hydrogens is 516 g/mol. The SMILES string of the molecule is Cc1ccc(N(CC(=O)N/N=C/c2ccc(N(C)C)c(Br)c2)S(=O)(=O)c2ccccc2)cc1C. The second-order valence-electron chi connectivity index (χ2n) is 7.99. The minimum Gasteiger partial charge on any atom is -0.377 e. The van der Waals surface area contributed by atoms with Crippen LogP contribution in [0.15, 0.2) is 81.2 Å². The maximum atomic E-state index is 13.4. The van der Waals surface area contributed by atoms with Crippen molar-refractivity contribution in [3.05, 3.63) is 87.9 Å². The number of nitrogens with one attached hydrogen (secondary N) is 1. The summed E-state index contributed by atoms with van der Waals surface area (Å²) in [4.78, 5) is 14.8. The van der Waals surface area contributed by atoms with Crippen LogP contribution in [0.3, 0.4) is 0 Å². The molecule has 0 aliphatic carbocycles. The fourth-order valence-corrected chi connectivity index (χ4v) is 5.41. The van der Waals surface area contributed by atoms with Crippen LogP contribution in [0.5, 0.6) is 0 Å². The summed E-state index contributed by atoms with van der Waals surface area (Å²) in [6, 6.07) is 19.0. The molecule has 0 saturated carbocycles. The number of hydrazone groups is 1. The number of amides is 1. The van der Waals surface area contributed by atoms with E-state index in [1.165, 1.54) is 18.3 Å². The molecule has 0 fully saturated rings. The molecule has 0 aromatic heterocycles. The van der Waals surface area contributed by atoms with Gasteiger partial charge in [-0.05, 0) is 82.9 Å². The Morgan fingerprint density at radius 1 is 1.00 bits per heavy atom. The van der Waals surface area contributed by atoms with Gasteiger partial charge in [0.2, 0.25) is 0 Å². The molecule has 9 heteroatoms. The average Bonchev–Trinajstić information content (AvgIpc) is 2.79. The van der Waals surface area contributed by atoms with Gasteiger partial charge in [0, 0.05) is 18.6 Å². The van der Waals surface area contributed by atoms with Crippen LogP contribution in [-0.4, -0.2) is 41.2 Å². The highest BCUT2D eigenvalue weighted by molar-refractivity contribution is 9.10. The number of anilines is 2. The minimum atomic E-state index is -3.96. The molecule has 0 spiro atoms. The van der Waals surface area contributed by atoms with E-state index >= 15 is 0 Å². The average molecular weight is 543 g/mol. The fourth-order valence-electron chi connectivity index (χ4n) is 3.23. The topological polar surface area (TPSA) is 82.1 Å². The van der Waals surface area contributed by atoms with Crippen LogP contribution in [0, 0.1) is 13.8 Å². The Morgan fingerprint density at radius 3 is 2.32 bits per heavy atom. The van der Waals surface area contributed by atoms with E-state index in [2.05, 4.69) is 26.5 Å². The Balaban J connectivity index is 1.82. The van der Waals surface area contributed by atoms with Crippen molar-refractivity contribution in [1.82, 2.24) is 5.43 Å². The smallest absolute Gasteiger partial charge is 0.264 e. The lowest BCUT2D eigenvalue weighted by atomic mass is 10.1. The second-order valence-corrected chi connectivity index (χ2v) is 10.7. The number of benzene rings is 3. The highest BCUT2D eigenvalue weighted by Gasteiger charge is 2.27. The minimum absolute atomic E-state index is 0.107. The number of hydrogen-bond donors (Lipinski definition) is 1. The zero-order valence-electron chi connectivity index (χ0n) is 19.5. The van der Waals surface area contributed by atoms with Gasteiger partial charge in [-0.2, -0.15) is 5.10 Å². The van der Waals surface area contributed by atoms with Crippen molar-refractivity contribution in [2.24, 2.45) is 5.10 Å². The number of halogens is 1. The van der Waals surface area contributed by atoms with Crippen molar-refractivity contribution in [3.8, 4) is 0 Å². The third-order valence-corrected chi connectivity index (χ3v) is 7.68. The summed E-state index contributed by atoms with van der Waals surface area (Å²) in [6.07, 6.45) is 1.51. The molecule has 3 aromatic rings. The molecule has 0 aliphatic heterocycles. The van der Waals surface area contributed by atoms with Gasteiger partial charge < -0.3 is 4.90 Å². The Labute approximate surface area is 209 Å². The molecule has 0 saturated heterocycles. The van der Waals surface area contributed by atoms with E-state index in [9.17, 15) is 13.2 Å². The van der Waals surface area contributed by atoms with E-state index in [1.807, 2.05) is 57.1 Å². The van der Waals surface area contributed by atoms with Crippen LogP contribution in [0.1, 0.15) is 16.7 Å². The molecular formula is C25H27BrN4O3S. The molecule has 0 aliphatic rings. The molecule has 34 heavy (non-hydrogen) atoms. The van der Waals surface area contributed by atoms with E-state index in [0.717, 1.165) is 31.2 Å². The number of carbonyl (C=O) groups is 1. The zero-order chi connectivity index (χ0) is 24.9. The van der Waals surface area contributed by atoms with Crippen molar-refractivity contribution in [2.45, 2.75) is 18.7 Å². The van der Waals surface area contributed by atoms with Gasteiger partial charge in [-0.3, -0.25) is 9.10 Å². The lowest BCUT2D eigenvalue weighted by Gasteiger charge is -2.24. The molecule has 1 amide bonds. The highest BCUT2D eigenvalue weighted by Crippen LogP contribution is 2.26. The van der Waals surface area contributed by atoms with Crippen LogP contribution >= 0.6 is 15.9 Å². The summed E-state index contributed by atoms with van der Waals surface area (Å²) in [5.41, 5.74) is 6.59. The van der Waals surface area contributed by atoms with Gasteiger partial charge in [0.25, 0.3) is 15.9 Å². The van der Waals surface area contributed by atoms with E-state index < -0.39 is 22.5 Å². The third-order valence-electron chi connectivity index (χ3n) is 5.25. The van der Waals surface area contributed by atoms with E-state index in [-0.39, 0.29) is 4.90 Å². The van der Waals surface area contributed by atoms with Crippen molar-refractivity contribution in [1.29, 1.82) is 0 Å². The van der Waals surface area contributed by atoms with Gasteiger partial charge in [0.15, 0.2) is 0 Å². The van der Waals surface area contributed by atoms with Gasteiger partial charge >= 0.3 is 0 Å². The van der Waals surface area contributed by atoms with Crippen LogP contribution in [0.4, 0.5) is 11.4 Å². The first kappa shape index (κ1) is 25.5. The molecule has 0 atom stereocenters. The van der Waals surface area contributed by atoms with Crippen LogP contribution in [0.25, 0.3) is 0 Å². The predicted octanol–water partition coefficient (Wildman–Crippen LogP) is 4.48. The normalized spacial score (nSPS) is 11.4. The molecule has 3 rings (SSSR count). The third kappa shape index (κ3) is 6.03. The Hall–Kier alpha value is -3.17. The summed E-state index contributed by atoms with van der Waals surface area (Å²) in [6.45, 7) is 3.43. The lowest BCUT2D eigenvalue weighted by molar-refractivity contribution is -0.119. The highest BCUT2D eigenvalue weighted by atomic mass is 79.9. The molecule has 0 heterocycles. The van der Waals surface area contributed by atoms with Gasteiger partial charge in [0.1, 0.15) is 6.54 Å². The second kappa shape index (κ2) is 10.8. The van der Waals surface area contributed by atoms with E-state index in [0.29, 0.717) is 5.69 Å². The Morgan fingerprint density at radius 2 is 1.71 bits per heavy atom. The molecule has 0 bridgehead atoms. The fraction of sp³-hybridized carbons (Fsp3) is 0.200. The molecule has 178 valence electrons. The van der Waals surface area contributed by atoms with Crippen molar-refractivity contribution >= 4 is 49.4 Å². The van der Waals surface area contributed by atoms with Crippen molar-refractivity contribution in [2.75, 3.05) is 29.8 Å². The molecule has 7 nitrogen and oxygen atoms in total. The van der Waals surface area contributed by atoms with E-state index in [1.54, 1.807) is 30.3 Å². The maximum Gasteiger partial charge on any atom is 0.264 e. The van der Waals surface area contributed by atoms with Gasteiger partial charge in [0.05, 0.1) is 22.5 Å². The number of aryl methyl sites for hydroxylation is 2. The molecule has 0 unspecified atom stereocenters.